The van der Waals surface area contributed by atoms with Crippen molar-refractivity contribution >= 4 is 28.9 Å². The van der Waals surface area contributed by atoms with Crippen LogP contribution in [0.15, 0.2) is 36.4 Å². The Morgan fingerprint density at radius 2 is 1.72 bits per heavy atom. The first-order chi connectivity index (χ1) is 12.1. The van der Waals surface area contributed by atoms with E-state index in [0.717, 1.165) is 18.8 Å². The van der Waals surface area contributed by atoms with Crippen molar-refractivity contribution < 1.29 is 14.3 Å². The number of anilines is 2. The Labute approximate surface area is 152 Å². The molecule has 1 aliphatic rings. The molecule has 2 aromatic rings. The van der Waals surface area contributed by atoms with Gasteiger partial charge in [-0.1, -0.05) is 17.7 Å². The summed E-state index contributed by atoms with van der Waals surface area (Å²) >= 11 is 6.41. The fourth-order valence-electron chi connectivity index (χ4n) is 3.07. The van der Waals surface area contributed by atoms with Crippen LogP contribution >= 0.6 is 11.6 Å². The van der Waals surface area contributed by atoms with Crippen LogP contribution in [0.2, 0.25) is 5.02 Å². The zero-order valence-electron chi connectivity index (χ0n) is 14.3. The number of hydrogen-bond donors (Lipinski definition) is 1. The number of ether oxygens (including phenoxy) is 2. The van der Waals surface area contributed by atoms with Gasteiger partial charge in [0.15, 0.2) is 0 Å². The van der Waals surface area contributed by atoms with E-state index in [2.05, 4.69) is 10.2 Å². The van der Waals surface area contributed by atoms with Gasteiger partial charge in [0.05, 0.1) is 24.9 Å². The number of halogens is 1. The zero-order chi connectivity index (χ0) is 17.8. The number of carbonyl (C=O) groups excluding carboxylic acids is 1. The SMILES string of the molecule is COc1cccc(OC)c1C(=O)Nc1ccc(N2CCCC2)c(Cl)c1. The van der Waals surface area contributed by atoms with E-state index in [4.69, 9.17) is 21.1 Å². The summed E-state index contributed by atoms with van der Waals surface area (Å²) in [6.07, 6.45) is 2.37. The number of nitrogens with zero attached hydrogens (tertiary/aromatic N) is 1. The van der Waals surface area contributed by atoms with E-state index in [-0.39, 0.29) is 5.91 Å². The molecule has 2 aromatic carbocycles. The second kappa shape index (κ2) is 7.66. The van der Waals surface area contributed by atoms with Gasteiger partial charge in [0.2, 0.25) is 0 Å². The maximum atomic E-state index is 12.7. The van der Waals surface area contributed by atoms with Crippen LogP contribution in [0.1, 0.15) is 23.2 Å². The molecule has 0 spiro atoms. The van der Waals surface area contributed by atoms with Gasteiger partial charge in [-0.15, -0.1) is 0 Å². The predicted octanol–water partition coefficient (Wildman–Crippen LogP) is 4.21. The summed E-state index contributed by atoms with van der Waals surface area (Å²) in [5.41, 5.74) is 1.99. The van der Waals surface area contributed by atoms with Gasteiger partial charge >= 0.3 is 0 Å². The summed E-state index contributed by atoms with van der Waals surface area (Å²) in [6, 6.07) is 10.8. The van der Waals surface area contributed by atoms with Crippen LogP contribution in [0.3, 0.4) is 0 Å². The Kier molecular flexibility index (Phi) is 5.34. The Balaban J connectivity index is 1.83. The lowest BCUT2D eigenvalue weighted by molar-refractivity contribution is 0.102. The number of carbonyl (C=O) groups is 1. The lowest BCUT2D eigenvalue weighted by Crippen LogP contribution is -2.18. The number of rotatable bonds is 5. The van der Waals surface area contributed by atoms with E-state index in [1.54, 1.807) is 24.3 Å². The normalized spacial score (nSPS) is 13.6. The fraction of sp³-hybridized carbons (Fsp3) is 0.316. The summed E-state index contributed by atoms with van der Waals surface area (Å²) in [5, 5.41) is 3.50. The Bertz CT molecular complexity index is 751. The third kappa shape index (κ3) is 3.66. The molecule has 132 valence electrons. The summed E-state index contributed by atoms with van der Waals surface area (Å²) in [6.45, 7) is 2.04. The third-order valence-corrected chi connectivity index (χ3v) is 4.61. The topological polar surface area (TPSA) is 50.8 Å². The molecule has 1 aliphatic heterocycles. The molecule has 1 amide bonds. The highest BCUT2D eigenvalue weighted by molar-refractivity contribution is 6.33. The van der Waals surface area contributed by atoms with Gasteiger partial charge in [-0.2, -0.15) is 0 Å². The highest BCUT2D eigenvalue weighted by atomic mass is 35.5. The number of amides is 1. The molecule has 3 rings (SSSR count). The van der Waals surface area contributed by atoms with Crippen LogP contribution in [0.5, 0.6) is 11.5 Å². The highest BCUT2D eigenvalue weighted by Gasteiger charge is 2.19. The molecule has 0 radical (unpaired) electrons. The fourth-order valence-corrected chi connectivity index (χ4v) is 3.37. The van der Waals surface area contributed by atoms with Crippen molar-refractivity contribution in [2.45, 2.75) is 12.8 Å². The van der Waals surface area contributed by atoms with Crippen molar-refractivity contribution in [2.75, 3.05) is 37.5 Å². The first kappa shape index (κ1) is 17.4. The van der Waals surface area contributed by atoms with Crippen LogP contribution in [-0.2, 0) is 0 Å². The number of hydrogen-bond acceptors (Lipinski definition) is 4. The van der Waals surface area contributed by atoms with Crippen molar-refractivity contribution in [1.29, 1.82) is 0 Å². The molecule has 6 heteroatoms. The molecule has 0 aromatic heterocycles. The quantitative estimate of drug-likeness (QED) is 0.867. The van der Waals surface area contributed by atoms with Gasteiger partial charge in [0.25, 0.3) is 5.91 Å². The molecule has 0 atom stereocenters. The molecule has 0 aliphatic carbocycles. The van der Waals surface area contributed by atoms with E-state index in [1.807, 2.05) is 12.1 Å². The third-order valence-electron chi connectivity index (χ3n) is 4.31. The number of nitrogens with one attached hydrogen (secondary N) is 1. The van der Waals surface area contributed by atoms with Gasteiger partial charge in [0.1, 0.15) is 17.1 Å². The largest absolute Gasteiger partial charge is 0.496 e. The molecule has 1 heterocycles. The maximum absolute atomic E-state index is 12.7. The lowest BCUT2D eigenvalue weighted by Gasteiger charge is -2.20. The predicted molar refractivity (Wildman–Crippen MR) is 100 cm³/mol. The molecule has 1 N–H and O–H groups in total. The molecule has 25 heavy (non-hydrogen) atoms. The van der Waals surface area contributed by atoms with Gasteiger partial charge in [-0.25, -0.2) is 0 Å². The first-order valence-corrected chi connectivity index (χ1v) is 8.58. The van der Waals surface area contributed by atoms with E-state index in [9.17, 15) is 4.79 Å². The van der Waals surface area contributed by atoms with Gasteiger partial charge in [0, 0.05) is 18.8 Å². The van der Waals surface area contributed by atoms with Crippen molar-refractivity contribution in [1.82, 2.24) is 0 Å². The summed E-state index contributed by atoms with van der Waals surface area (Å²) in [4.78, 5) is 15.0. The van der Waals surface area contributed by atoms with Crippen LogP contribution < -0.4 is 19.7 Å². The van der Waals surface area contributed by atoms with Crippen LogP contribution in [-0.4, -0.2) is 33.2 Å². The summed E-state index contributed by atoms with van der Waals surface area (Å²) in [7, 11) is 3.04. The van der Waals surface area contributed by atoms with Crippen molar-refractivity contribution in [2.24, 2.45) is 0 Å². The van der Waals surface area contributed by atoms with Crippen molar-refractivity contribution in [3.63, 3.8) is 0 Å². The minimum absolute atomic E-state index is 0.306. The highest BCUT2D eigenvalue weighted by Crippen LogP contribution is 2.33. The Morgan fingerprint density at radius 3 is 2.28 bits per heavy atom. The molecular weight excluding hydrogens is 340 g/mol. The summed E-state index contributed by atoms with van der Waals surface area (Å²) < 4.78 is 10.6. The minimum atomic E-state index is -0.306. The number of methoxy groups -OCH3 is 2. The Morgan fingerprint density at radius 1 is 1.08 bits per heavy atom. The first-order valence-electron chi connectivity index (χ1n) is 8.21. The molecule has 0 bridgehead atoms. The molecule has 1 saturated heterocycles. The van der Waals surface area contributed by atoms with E-state index < -0.39 is 0 Å². The molecule has 0 saturated carbocycles. The standard InChI is InChI=1S/C19H21ClN2O3/c1-24-16-6-5-7-17(25-2)18(16)19(23)21-13-8-9-15(14(20)12-13)22-10-3-4-11-22/h5-9,12H,3-4,10-11H2,1-2H3,(H,21,23). The maximum Gasteiger partial charge on any atom is 0.263 e. The second-order valence-electron chi connectivity index (χ2n) is 5.85. The average molecular weight is 361 g/mol. The molecule has 5 nitrogen and oxygen atoms in total. The van der Waals surface area contributed by atoms with Gasteiger partial charge < -0.3 is 19.7 Å². The molecular formula is C19H21ClN2O3. The lowest BCUT2D eigenvalue weighted by atomic mass is 10.1. The van der Waals surface area contributed by atoms with Gasteiger partial charge in [-0.05, 0) is 43.2 Å². The Hall–Kier alpha value is -2.40. The van der Waals surface area contributed by atoms with E-state index in [1.165, 1.54) is 27.1 Å². The van der Waals surface area contributed by atoms with Gasteiger partial charge in [-0.3, -0.25) is 4.79 Å². The van der Waals surface area contributed by atoms with E-state index in [0.29, 0.717) is 27.8 Å². The summed E-state index contributed by atoms with van der Waals surface area (Å²) in [5.74, 6) is 0.604. The molecule has 0 unspecified atom stereocenters. The van der Waals surface area contributed by atoms with E-state index >= 15 is 0 Å². The minimum Gasteiger partial charge on any atom is -0.496 e. The molecule has 1 fully saturated rings. The van der Waals surface area contributed by atoms with Crippen LogP contribution in [0.25, 0.3) is 0 Å². The number of benzene rings is 2. The van der Waals surface area contributed by atoms with Crippen molar-refractivity contribution in [3.8, 4) is 11.5 Å². The zero-order valence-corrected chi connectivity index (χ0v) is 15.1. The average Bonchev–Trinajstić information content (AvgIpc) is 3.15. The monoisotopic (exact) mass is 360 g/mol. The van der Waals surface area contributed by atoms with Crippen LogP contribution in [0, 0.1) is 0 Å². The smallest absolute Gasteiger partial charge is 0.263 e. The van der Waals surface area contributed by atoms with Crippen LogP contribution in [0.4, 0.5) is 11.4 Å². The second-order valence-corrected chi connectivity index (χ2v) is 6.26. The van der Waals surface area contributed by atoms with Crippen molar-refractivity contribution in [3.05, 3.63) is 47.0 Å².